The van der Waals surface area contributed by atoms with Crippen molar-refractivity contribution in [3.05, 3.63) is 35.9 Å². The van der Waals surface area contributed by atoms with E-state index in [0.717, 1.165) is 24.8 Å². The molecule has 28 heavy (non-hydrogen) atoms. The van der Waals surface area contributed by atoms with Crippen LogP contribution in [0.3, 0.4) is 0 Å². The Morgan fingerprint density at radius 3 is 2.21 bits per heavy atom. The second kappa shape index (κ2) is 12.9. The van der Waals surface area contributed by atoms with Crippen molar-refractivity contribution < 1.29 is 14.4 Å². The maximum absolute atomic E-state index is 12.8. The third-order valence-electron chi connectivity index (χ3n) is 4.41. The van der Waals surface area contributed by atoms with Crippen LogP contribution in [0.5, 0.6) is 0 Å². The van der Waals surface area contributed by atoms with Crippen LogP contribution < -0.4 is 22.1 Å². The van der Waals surface area contributed by atoms with Crippen LogP contribution in [0.4, 0.5) is 0 Å². The molecule has 0 heterocycles. The molecule has 6 N–H and O–H groups in total. The van der Waals surface area contributed by atoms with Gasteiger partial charge < -0.3 is 22.1 Å². The number of unbranched alkanes of at least 4 members (excludes halogenated alkanes) is 2. The Balaban J connectivity index is 2.79. The minimum absolute atomic E-state index is 0.187. The van der Waals surface area contributed by atoms with Crippen LogP contribution in [-0.2, 0) is 20.8 Å². The van der Waals surface area contributed by atoms with Crippen molar-refractivity contribution >= 4 is 17.7 Å². The van der Waals surface area contributed by atoms with Crippen LogP contribution in [0, 0.1) is 5.92 Å². The summed E-state index contributed by atoms with van der Waals surface area (Å²) in [5, 5.41) is 5.51. The van der Waals surface area contributed by atoms with Crippen LogP contribution >= 0.6 is 0 Å². The van der Waals surface area contributed by atoms with Crippen molar-refractivity contribution in [3.63, 3.8) is 0 Å². The fraction of sp³-hybridized carbons (Fsp3) is 0.571. The van der Waals surface area contributed by atoms with E-state index in [1.54, 1.807) is 0 Å². The Labute approximate surface area is 167 Å². The summed E-state index contributed by atoms with van der Waals surface area (Å²) >= 11 is 0. The van der Waals surface area contributed by atoms with E-state index in [4.69, 9.17) is 11.5 Å². The molecule has 0 aromatic heterocycles. The fourth-order valence-corrected chi connectivity index (χ4v) is 2.92. The van der Waals surface area contributed by atoms with Crippen molar-refractivity contribution in [3.8, 4) is 0 Å². The molecule has 1 aromatic carbocycles. The zero-order chi connectivity index (χ0) is 20.9. The molecule has 0 fully saturated rings. The third kappa shape index (κ3) is 9.50. The molecule has 7 nitrogen and oxygen atoms in total. The summed E-state index contributed by atoms with van der Waals surface area (Å²) in [7, 11) is 0. The average Bonchev–Trinajstić information content (AvgIpc) is 2.64. The summed E-state index contributed by atoms with van der Waals surface area (Å²) in [6.07, 6.45) is 3.60. The lowest BCUT2D eigenvalue weighted by Gasteiger charge is -2.23. The zero-order valence-corrected chi connectivity index (χ0v) is 16.9. The lowest BCUT2D eigenvalue weighted by molar-refractivity contribution is -0.131. The van der Waals surface area contributed by atoms with Gasteiger partial charge in [-0.2, -0.15) is 0 Å². The van der Waals surface area contributed by atoms with Gasteiger partial charge in [-0.05, 0) is 37.3 Å². The topological polar surface area (TPSA) is 127 Å². The van der Waals surface area contributed by atoms with E-state index in [1.165, 1.54) is 0 Å². The molecule has 1 rings (SSSR count). The predicted octanol–water partition coefficient (Wildman–Crippen LogP) is 1.25. The minimum Gasteiger partial charge on any atom is -0.368 e. The van der Waals surface area contributed by atoms with Crippen LogP contribution in [-0.4, -0.2) is 36.3 Å². The van der Waals surface area contributed by atoms with Crippen LogP contribution in [0.1, 0.15) is 51.5 Å². The first kappa shape index (κ1) is 23.6. The van der Waals surface area contributed by atoms with Gasteiger partial charge in [-0.3, -0.25) is 14.4 Å². The number of carbonyl (C=O) groups excluding carboxylic acids is 3. The molecule has 0 radical (unpaired) electrons. The molecule has 156 valence electrons. The van der Waals surface area contributed by atoms with Gasteiger partial charge in [0.1, 0.15) is 12.1 Å². The van der Waals surface area contributed by atoms with E-state index in [9.17, 15) is 14.4 Å². The Morgan fingerprint density at radius 1 is 0.964 bits per heavy atom. The highest BCUT2D eigenvalue weighted by atomic mass is 16.2. The van der Waals surface area contributed by atoms with Crippen molar-refractivity contribution in [2.45, 2.75) is 64.5 Å². The molecule has 0 aliphatic carbocycles. The first-order chi connectivity index (χ1) is 13.3. The number of hydrogen-bond acceptors (Lipinski definition) is 4. The minimum atomic E-state index is -0.765. The van der Waals surface area contributed by atoms with Gasteiger partial charge in [-0.25, -0.2) is 0 Å². The van der Waals surface area contributed by atoms with Gasteiger partial charge in [0, 0.05) is 12.8 Å². The summed E-state index contributed by atoms with van der Waals surface area (Å²) in [4.78, 5) is 36.8. The second-order valence-electron chi connectivity index (χ2n) is 7.50. The van der Waals surface area contributed by atoms with Crippen LogP contribution in [0.2, 0.25) is 0 Å². The molecule has 3 amide bonds. The molecular weight excluding hydrogens is 356 g/mol. The zero-order valence-electron chi connectivity index (χ0n) is 16.9. The average molecular weight is 391 g/mol. The lowest BCUT2D eigenvalue weighted by Crippen LogP contribution is -2.54. The third-order valence-corrected chi connectivity index (χ3v) is 4.41. The van der Waals surface area contributed by atoms with Gasteiger partial charge in [0.15, 0.2) is 0 Å². The number of nitrogens with one attached hydrogen (secondary N) is 2. The van der Waals surface area contributed by atoms with E-state index >= 15 is 0 Å². The quantitative estimate of drug-likeness (QED) is 0.378. The normalized spacial score (nSPS) is 13.0. The van der Waals surface area contributed by atoms with Gasteiger partial charge in [0.2, 0.25) is 17.7 Å². The molecule has 0 spiro atoms. The van der Waals surface area contributed by atoms with E-state index in [0.29, 0.717) is 25.8 Å². The molecule has 0 saturated heterocycles. The van der Waals surface area contributed by atoms with Gasteiger partial charge >= 0.3 is 0 Å². The summed E-state index contributed by atoms with van der Waals surface area (Å²) in [6.45, 7) is 4.50. The summed E-state index contributed by atoms with van der Waals surface area (Å²) < 4.78 is 0. The van der Waals surface area contributed by atoms with Gasteiger partial charge in [0.25, 0.3) is 0 Å². The first-order valence-corrected chi connectivity index (χ1v) is 9.96. The predicted molar refractivity (Wildman–Crippen MR) is 110 cm³/mol. The number of amides is 3. The molecule has 0 saturated carbocycles. The highest BCUT2D eigenvalue weighted by Gasteiger charge is 2.26. The number of primary amides is 1. The molecular formula is C21H34N4O3. The summed E-state index contributed by atoms with van der Waals surface area (Å²) in [6, 6.07) is 7.92. The largest absolute Gasteiger partial charge is 0.368 e. The fourth-order valence-electron chi connectivity index (χ4n) is 2.92. The summed E-state index contributed by atoms with van der Waals surface area (Å²) in [5.41, 5.74) is 11.8. The monoisotopic (exact) mass is 390 g/mol. The molecule has 2 atom stereocenters. The molecule has 0 aliphatic heterocycles. The van der Waals surface area contributed by atoms with Crippen LogP contribution in [0.25, 0.3) is 0 Å². The van der Waals surface area contributed by atoms with Gasteiger partial charge in [-0.1, -0.05) is 50.6 Å². The number of nitrogens with two attached hydrogens (primary N) is 2. The molecule has 1 aromatic rings. The van der Waals surface area contributed by atoms with E-state index < -0.39 is 23.9 Å². The Hall–Kier alpha value is -2.41. The standard InChI is InChI=1S/C21H34N4O3/c1-15(2)13-17(20(23)27)25-21(28)18(14-16-9-5-3-6-10-16)24-19(26)11-7-4-8-12-22/h3,5-6,9-10,15,17-18H,4,7-8,11-14,22H2,1-2H3,(H2,23,27)(H,24,26)(H,25,28)/t17-,18-/m0/s1. The highest BCUT2D eigenvalue weighted by Crippen LogP contribution is 2.08. The molecule has 0 bridgehead atoms. The Morgan fingerprint density at radius 2 is 1.64 bits per heavy atom. The second-order valence-corrected chi connectivity index (χ2v) is 7.50. The van der Waals surface area contributed by atoms with Gasteiger partial charge in [0.05, 0.1) is 0 Å². The molecule has 7 heteroatoms. The van der Waals surface area contributed by atoms with Crippen LogP contribution in [0.15, 0.2) is 30.3 Å². The first-order valence-electron chi connectivity index (χ1n) is 9.96. The number of carbonyl (C=O) groups is 3. The van der Waals surface area contributed by atoms with E-state index in [2.05, 4.69) is 10.6 Å². The maximum Gasteiger partial charge on any atom is 0.243 e. The molecule has 0 aliphatic rings. The van der Waals surface area contributed by atoms with E-state index in [1.807, 2.05) is 44.2 Å². The SMILES string of the molecule is CC(C)C[C@H](NC(=O)[C@H](Cc1ccccc1)NC(=O)CCCCCN)C(N)=O. The number of hydrogen-bond donors (Lipinski definition) is 4. The number of rotatable bonds is 13. The number of benzene rings is 1. The van der Waals surface area contributed by atoms with Crippen molar-refractivity contribution in [2.75, 3.05) is 6.54 Å². The highest BCUT2D eigenvalue weighted by molar-refractivity contribution is 5.91. The smallest absolute Gasteiger partial charge is 0.243 e. The van der Waals surface area contributed by atoms with Crippen molar-refractivity contribution in [1.29, 1.82) is 0 Å². The maximum atomic E-state index is 12.8. The lowest BCUT2D eigenvalue weighted by atomic mass is 10.0. The summed E-state index contributed by atoms with van der Waals surface area (Å²) in [5.74, 6) is -0.965. The molecule has 0 unspecified atom stereocenters. The van der Waals surface area contributed by atoms with Crippen molar-refractivity contribution in [2.24, 2.45) is 17.4 Å². The Bertz CT molecular complexity index is 619. The van der Waals surface area contributed by atoms with E-state index in [-0.39, 0.29) is 11.8 Å². The Kier molecular flexibility index (Phi) is 10.9. The van der Waals surface area contributed by atoms with Gasteiger partial charge in [-0.15, -0.1) is 0 Å². The van der Waals surface area contributed by atoms with Crippen molar-refractivity contribution in [1.82, 2.24) is 10.6 Å².